The van der Waals surface area contributed by atoms with Crippen LogP contribution in [0.1, 0.15) is 31.1 Å². The maximum atomic E-state index is 12.3. The molecule has 0 radical (unpaired) electrons. The van der Waals surface area contributed by atoms with Gasteiger partial charge in [-0.2, -0.15) is 0 Å². The Hall–Kier alpha value is -1.95. The van der Waals surface area contributed by atoms with Gasteiger partial charge in [-0.25, -0.2) is 4.79 Å². The zero-order valence-corrected chi connectivity index (χ0v) is 14.4. The van der Waals surface area contributed by atoms with Gasteiger partial charge in [0.1, 0.15) is 11.0 Å². The van der Waals surface area contributed by atoms with Crippen molar-refractivity contribution in [2.24, 2.45) is 0 Å². The molecule has 1 atom stereocenters. The summed E-state index contributed by atoms with van der Waals surface area (Å²) in [6.07, 6.45) is 0. The molecule has 0 saturated carbocycles. The van der Waals surface area contributed by atoms with Crippen molar-refractivity contribution < 1.29 is 14.3 Å². The number of benzene rings is 1. The van der Waals surface area contributed by atoms with Gasteiger partial charge < -0.3 is 15.0 Å². The van der Waals surface area contributed by atoms with Crippen LogP contribution in [0.2, 0.25) is 0 Å². The summed E-state index contributed by atoms with van der Waals surface area (Å²) in [5.41, 5.74) is -0.221. The SMILES string of the molecule is COC(=O)[C@H](C)N(C)C(=S)C(C)(C)NC(=O)c1ccccc1. The average Bonchev–Trinajstić information content (AvgIpc) is 2.52. The zero-order valence-electron chi connectivity index (χ0n) is 13.5. The molecular formula is C16H22N2O3S. The number of esters is 1. The fourth-order valence-electron chi connectivity index (χ4n) is 1.94. The number of hydrogen-bond acceptors (Lipinski definition) is 4. The lowest BCUT2D eigenvalue weighted by atomic mass is 10.0. The molecule has 0 heterocycles. The lowest BCUT2D eigenvalue weighted by molar-refractivity contribution is -0.144. The highest BCUT2D eigenvalue weighted by atomic mass is 32.1. The first-order valence-corrected chi connectivity index (χ1v) is 7.34. The van der Waals surface area contributed by atoms with Gasteiger partial charge in [-0.3, -0.25) is 4.79 Å². The van der Waals surface area contributed by atoms with E-state index in [1.54, 1.807) is 57.0 Å². The van der Waals surface area contributed by atoms with Gasteiger partial charge in [-0.05, 0) is 32.9 Å². The number of carbonyl (C=O) groups is 2. The summed E-state index contributed by atoms with van der Waals surface area (Å²) in [4.78, 5) is 26.0. The Morgan fingerprint density at radius 2 is 1.82 bits per heavy atom. The number of ether oxygens (including phenoxy) is 1. The summed E-state index contributed by atoms with van der Waals surface area (Å²) < 4.78 is 4.72. The molecule has 5 nitrogen and oxygen atoms in total. The molecule has 0 saturated heterocycles. The largest absolute Gasteiger partial charge is 0.467 e. The Balaban J connectivity index is 2.82. The van der Waals surface area contributed by atoms with E-state index in [0.717, 1.165) is 0 Å². The highest BCUT2D eigenvalue weighted by molar-refractivity contribution is 7.80. The van der Waals surface area contributed by atoms with Crippen molar-refractivity contribution in [1.82, 2.24) is 10.2 Å². The van der Waals surface area contributed by atoms with Crippen LogP contribution in [0.15, 0.2) is 30.3 Å². The predicted molar refractivity (Wildman–Crippen MR) is 89.8 cm³/mol. The summed E-state index contributed by atoms with van der Waals surface area (Å²) in [7, 11) is 3.04. The molecule has 0 aliphatic heterocycles. The third-order valence-electron chi connectivity index (χ3n) is 3.44. The lowest BCUT2D eigenvalue weighted by Crippen LogP contribution is -2.57. The van der Waals surface area contributed by atoms with Gasteiger partial charge in [-0.15, -0.1) is 0 Å². The van der Waals surface area contributed by atoms with E-state index in [2.05, 4.69) is 5.32 Å². The van der Waals surface area contributed by atoms with Gasteiger partial charge in [-0.1, -0.05) is 30.4 Å². The number of thiocarbonyl (C=S) groups is 1. The Morgan fingerprint density at radius 1 is 1.27 bits per heavy atom. The molecule has 1 amide bonds. The van der Waals surface area contributed by atoms with Crippen molar-refractivity contribution in [3.8, 4) is 0 Å². The van der Waals surface area contributed by atoms with Crippen molar-refractivity contribution >= 4 is 29.1 Å². The second kappa shape index (κ2) is 7.35. The number of rotatable bonds is 5. The van der Waals surface area contributed by atoms with Crippen LogP contribution >= 0.6 is 12.2 Å². The van der Waals surface area contributed by atoms with Crippen LogP contribution in [0.4, 0.5) is 0 Å². The van der Waals surface area contributed by atoms with Crippen LogP contribution in [-0.4, -0.2) is 47.5 Å². The van der Waals surface area contributed by atoms with Crippen molar-refractivity contribution in [3.63, 3.8) is 0 Å². The molecule has 1 N–H and O–H groups in total. The summed E-state index contributed by atoms with van der Waals surface area (Å²) in [6, 6.07) is 8.38. The fourth-order valence-corrected chi connectivity index (χ4v) is 2.15. The number of hydrogen-bond donors (Lipinski definition) is 1. The molecule has 0 spiro atoms. The minimum Gasteiger partial charge on any atom is -0.467 e. The van der Waals surface area contributed by atoms with Gasteiger partial charge in [0, 0.05) is 12.6 Å². The molecule has 0 unspecified atom stereocenters. The molecule has 0 fully saturated rings. The first-order chi connectivity index (χ1) is 10.2. The Kier molecular flexibility index (Phi) is 6.05. The monoisotopic (exact) mass is 322 g/mol. The van der Waals surface area contributed by atoms with Crippen LogP contribution in [0.5, 0.6) is 0 Å². The smallest absolute Gasteiger partial charge is 0.328 e. The Morgan fingerprint density at radius 3 is 2.32 bits per heavy atom. The van der Waals surface area contributed by atoms with E-state index in [1.807, 2.05) is 6.07 Å². The van der Waals surface area contributed by atoms with Crippen LogP contribution in [0, 0.1) is 0 Å². The van der Waals surface area contributed by atoms with Crippen LogP contribution in [0.3, 0.4) is 0 Å². The molecule has 0 aliphatic rings. The third-order valence-corrected chi connectivity index (χ3v) is 4.24. The van der Waals surface area contributed by atoms with E-state index < -0.39 is 11.6 Å². The van der Waals surface area contributed by atoms with Gasteiger partial charge in [0.2, 0.25) is 0 Å². The molecular weight excluding hydrogens is 300 g/mol. The molecule has 1 aromatic rings. The molecule has 1 aromatic carbocycles. The molecule has 0 aliphatic carbocycles. The maximum absolute atomic E-state index is 12.3. The molecule has 6 heteroatoms. The Labute approximate surface area is 136 Å². The van der Waals surface area contributed by atoms with E-state index in [1.165, 1.54) is 7.11 Å². The summed E-state index contributed by atoms with van der Waals surface area (Å²) >= 11 is 5.43. The van der Waals surface area contributed by atoms with E-state index in [0.29, 0.717) is 10.6 Å². The van der Waals surface area contributed by atoms with E-state index >= 15 is 0 Å². The zero-order chi connectivity index (χ0) is 16.9. The van der Waals surface area contributed by atoms with Crippen molar-refractivity contribution in [2.75, 3.05) is 14.2 Å². The molecule has 120 valence electrons. The predicted octanol–water partition coefficient (Wildman–Crippen LogP) is 2.02. The average molecular weight is 322 g/mol. The summed E-state index contributed by atoms with van der Waals surface area (Å²) in [6.45, 7) is 5.31. The molecule has 0 bridgehead atoms. The number of methoxy groups -OCH3 is 1. The summed E-state index contributed by atoms with van der Waals surface area (Å²) in [5, 5.41) is 2.89. The lowest BCUT2D eigenvalue weighted by Gasteiger charge is -2.35. The topological polar surface area (TPSA) is 58.6 Å². The minimum absolute atomic E-state index is 0.216. The van der Waals surface area contributed by atoms with Crippen LogP contribution in [-0.2, 0) is 9.53 Å². The number of carbonyl (C=O) groups excluding carboxylic acids is 2. The van der Waals surface area contributed by atoms with Crippen molar-refractivity contribution in [2.45, 2.75) is 32.4 Å². The number of nitrogens with zero attached hydrogens (tertiary/aromatic N) is 1. The third kappa shape index (κ3) is 4.27. The van der Waals surface area contributed by atoms with Crippen LogP contribution < -0.4 is 5.32 Å². The van der Waals surface area contributed by atoms with Gasteiger partial charge in [0.25, 0.3) is 5.91 Å². The number of amides is 1. The highest BCUT2D eigenvalue weighted by Crippen LogP contribution is 2.14. The quantitative estimate of drug-likeness (QED) is 0.664. The Bertz CT molecular complexity index is 558. The van der Waals surface area contributed by atoms with Crippen LogP contribution in [0.25, 0.3) is 0 Å². The van der Waals surface area contributed by atoms with E-state index in [-0.39, 0.29) is 11.9 Å². The highest BCUT2D eigenvalue weighted by Gasteiger charge is 2.32. The maximum Gasteiger partial charge on any atom is 0.328 e. The first-order valence-electron chi connectivity index (χ1n) is 6.93. The normalized spacial score (nSPS) is 12.2. The second-order valence-electron chi connectivity index (χ2n) is 5.56. The number of nitrogens with one attached hydrogen (secondary N) is 1. The minimum atomic E-state index is -0.778. The fraction of sp³-hybridized carbons (Fsp3) is 0.438. The van der Waals surface area contributed by atoms with Gasteiger partial charge in [0.05, 0.1) is 12.6 Å². The second-order valence-corrected chi connectivity index (χ2v) is 5.95. The summed E-state index contributed by atoms with van der Waals surface area (Å²) in [5.74, 6) is -0.595. The van der Waals surface area contributed by atoms with Gasteiger partial charge >= 0.3 is 5.97 Å². The van der Waals surface area contributed by atoms with Crippen molar-refractivity contribution in [3.05, 3.63) is 35.9 Å². The molecule has 22 heavy (non-hydrogen) atoms. The van der Waals surface area contributed by atoms with E-state index in [4.69, 9.17) is 17.0 Å². The van der Waals surface area contributed by atoms with Crippen molar-refractivity contribution in [1.29, 1.82) is 0 Å². The standard InChI is InChI=1S/C16H22N2O3S/c1-11(14(20)21-5)18(4)15(22)16(2,3)17-13(19)12-9-7-6-8-10-12/h6-11H,1-5H3,(H,17,19)/t11-/m0/s1. The van der Waals surface area contributed by atoms with E-state index in [9.17, 15) is 9.59 Å². The molecule has 0 aromatic heterocycles. The number of likely N-dealkylation sites (N-methyl/N-ethyl adjacent to an activating group) is 1. The first kappa shape index (κ1) is 18.1. The molecule has 1 rings (SSSR count). The van der Waals surface area contributed by atoms with Gasteiger partial charge in [0.15, 0.2) is 0 Å².